The van der Waals surface area contributed by atoms with Gasteiger partial charge in [0.05, 0.1) is 0 Å². The molecule has 6 heteroatoms. The first-order valence-electron chi connectivity index (χ1n) is 10.0. The normalized spacial score (nSPS) is 20.1. The molecule has 0 aromatic carbocycles. The van der Waals surface area contributed by atoms with Crippen molar-refractivity contribution in [1.29, 1.82) is 0 Å². The summed E-state index contributed by atoms with van der Waals surface area (Å²) in [5, 5.41) is 4.27. The molecule has 140 valence electrons. The Morgan fingerprint density at radius 3 is 2.62 bits per heavy atom. The molecular formula is C20H29N5O. The van der Waals surface area contributed by atoms with Crippen LogP contribution in [-0.2, 0) is 11.3 Å². The minimum absolute atomic E-state index is 0.179. The molecule has 26 heavy (non-hydrogen) atoms. The number of carbonyl (C=O) groups excluding carboxylic acids is 1. The molecule has 1 saturated heterocycles. The maximum Gasteiger partial charge on any atom is 0.247 e. The van der Waals surface area contributed by atoms with Crippen LogP contribution in [0.5, 0.6) is 0 Å². The van der Waals surface area contributed by atoms with Crippen LogP contribution in [0.15, 0.2) is 30.9 Å². The van der Waals surface area contributed by atoms with Gasteiger partial charge in [0.1, 0.15) is 11.9 Å². The van der Waals surface area contributed by atoms with E-state index >= 15 is 0 Å². The van der Waals surface area contributed by atoms with Gasteiger partial charge in [-0.15, -0.1) is 0 Å². The third-order valence-corrected chi connectivity index (χ3v) is 6.12. The standard InChI is InChI=1S/C20H29N5O/c1-2-18(25-11-4-9-22-25)20(26)23-12-7-17(8-13-23)19-21-10-14-24(19)15-16-5-3-6-16/h4,9-11,14,16-18H,2-3,5-8,12-13,15H2,1H3. The third kappa shape index (κ3) is 3.41. The van der Waals surface area contributed by atoms with Gasteiger partial charge in [0.15, 0.2) is 0 Å². The number of nitrogens with zero attached hydrogens (tertiary/aromatic N) is 5. The monoisotopic (exact) mass is 355 g/mol. The SMILES string of the molecule is CCC(C(=O)N1CCC(c2nccn2CC2CCC2)CC1)n1cccn1. The van der Waals surface area contributed by atoms with Crippen LogP contribution in [0.2, 0.25) is 0 Å². The quantitative estimate of drug-likeness (QED) is 0.799. The van der Waals surface area contributed by atoms with E-state index in [2.05, 4.69) is 20.8 Å². The Kier molecular flexibility index (Phi) is 5.09. The van der Waals surface area contributed by atoms with E-state index in [0.29, 0.717) is 5.92 Å². The highest BCUT2D eigenvalue weighted by Gasteiger charge is 2.31. The number of imidazole rings is 1. The maximum absolute atomic E-state index is 12.9. The predicted octanol–water partition coefficient (Wildman–Crippen LogP) is 3.24. The second-order valence-corrected chi connectivity index (χ2v) is 7.74. The molecule has 0 radical (unpaired) electrons. The lowest BCUT2D eigenvalue weighted by atomic mass is 9.85. The fourth-order valence-corrected chi connectivity index (χ4v) is 4.30. The molecule has 1 amide bonds. The van der Waals surface area contributed by atoms with Gasteiger partial charge in [-0.1, -0.05) is 13.3 Å². The zero-order chi connectivity index (χ0) is 17.9. The van der Waals surface area contributed by atoms with Gasteiger partial charge >= 0.3 is 0 Å². The van der Waals surface area contributed by atoms with Crippen LogP contribution >= 0.6 is 0 Å². The van der Waals surface area contributed by atoms with Crippen LogP contribution in [0.3, 0.4) is 0 Å². The summed E-state index contributed by atoms with van der Waals surface area (Å²) in [6.07, 6.45) is 14.6. The maximum atomic E-state index is 12.9. The summed E-state index contributed by atoms with van der Waals surface area (Å²) in [4.78, 5) is 19.6. The molecule has 0 spiro atoms. The molecule has 1 aliphatic carbocycles. The summed E-state index contributed by atoms with van der Waals surface area (Å²) in [6, 6.07) is 1.70. The van der Waals surface area contributed by atoms with E-state index in [1.54, 1.807) is 10.9 Å². The number of carbonyl (C=O) groups is 1. The first kappa shape index (κ1) is 17.3. The number of aromatic nitrogens is 4. The number of amides is 1. The van der Waals surface area contributed by atoms with Crippen LogP contribution in [0, 0.1) is 5.92 Å². The minimum atomic E-state index is -0.179. The third-order valence-electron chi connectivity index (χ3n) is 6.12. The number of likely N-dealkylation sites (tertiary alicyclic amines) is 1. The molecule has 1 atom stereocenters. The number of hydrogen-bond donors (Lipinski definition) is 0. The topological polar surface area (TPSA) is 56.0 Å². The second-order valence-electron chi connectivity index (χ2n) is 7.74. The van der Waals surface area contributed by atoms with Crippen LogP contribution in [0.25, 0.3) is 0 Å². The smallest absolute Gasteiger partial charge is 0.247 e. The van der Waals surface area contributed by atoms with Crippen molar-refractivity contribution in [3.8, 4) is 0 Å². The molecule has 2 fully saturated rings. The first-order chi connectivity index (χ1) is 12.8. The number of hydrogen-bond acceptors (Lipinski definition) is 3. The van der Waals surface area contributed by atoms with Crippen molar-refractivity contribution in [2.24, 2.45) is 5.92 Å². The molecule has 1 unspecified atom stereocenters. The zero-order valence-electron chi connectivity index (χ0n) is 15.6. The Hall–Kier alpha value is -2.11. The Labute approximate surface area is 155 Å². The summed E-state index contributed by atoms with van der Waals surface area (Å²) in [5.41, 5.74) is 0. The van der Waals surface area contributed by atoms with Gasteiger partial charge in [0.2, 0.25) is 5.91 Å². The summed E-state index contributed by atoms with van der Waals surface area (Å²) in [5.74, 6) is 2.73. The van der Waals surface area contributed by atoms with E-state index in [9.17, 15) is 4.79 Å². The summed E-state index contributed by atoms with van der Waals surface area (Å²) in [7, 11) is 0. The summed E-state index contributed by atoms with van der Waals surface area (Å²) >= 11 is 0. The molecule has 2 aliphatic rings. The minimum Gasteiger partial charge on any atom is -0.341 e. The zero-order valence-corrected chi connectivity index (χ0v) is 15.6. The van der Waals surface area contributed by atoms with Gasteiger partial charge in [-0.2, -0.15) is 5.10 Å². The average molecular weight is 355 g/mol. The van der Waals surface area contributed by atoms with E-state index in [1.165, 1.54) is 25.1 Å². The van der Waals surface area contributed by atoms with Gasteiger partial charge in [-0.25, -0.2) is 4.98 Å². The summed E-state index contributed by atoms with van der Waals surface area (Å²) in [6.45, 7) is 4.80. The van der Waals surface area contributed by atoms with Crippen LogP contribution in [0.4, 0.5) is 0 Å². The molecule has 2 aromatic heterocycles. The average Bonchev–Trinajstić information content (AvgIpc) is 3.31. The van der Waals surface area contributed by atoms with Crippen molar-refractivity contribution in [1.82, 2.24) is 24.2 Å². The molecule has 1 aliphatic heterocycles. The van der Waals surface area contributed by atoms with Crippen molar-refractivity contribution >= 4 is 5.91 Å². The van der Waals surface area contributed by atoms with Gasteiger partial charge in [0.25, 0.3) is 0 Å². The Morgan fingerprint density at radius 1 is 1.19 bits per heavy atom. The van der Waals surface area contributed by atoms with Crippen LogP contribution in [-0.4, -0.2) is 43.2 Å². The summed E-state index contributed by atoms with van der Waals surface area (Å²) < 4.78 is 4.16. The van der Waals surface area contributed by atoms with Crippen LogP contribution < -0.4 is 0 Å². The fourth-order valence-electron chi connectivity index (χ4n) is 4.30. The highest BCUT2D eigenvalue weighted by Crippen LogP contribution is 2.32. The van der Waals surface area contributed by atoms with Crippen molar-refractivity contribution in [3.63, 3.8) is 0 Å². The lowest BCUT2D eigenvalue weighted by molar-refractivity contribution is -0.136. The highest BCUT2D eigenvalue weighted by molar-refractivity contribution is 5.80. The first-order valence-corrected chi connectivity index (χ1v) is 10.0. The van der Waals surface area contributed by atoms with Crippen molar-refractivity contribution in [2.75, 3.05) is 13.1 Å². The lowest BCUT2D eigenvalue weighted by Gasteiger charge is -2.34. The van der Waals surface area contributed by atoms with E-state index < -0.39 is 0 Å². The van der Waals surface area contributed by atoms with E-state index in [4.69, 9.17) is 0 Å². The Bertz CT molecular complexity index is 710. The van der Waals surface area contributed by atoms with Gasteiger partial charge in [0, 0.05) is 50.3 Å². The molecule has 1 saturated carbocycles. The van der Waals surface area contributed by atoms with Crippen molar-refractivity contribution < 1.29 is 4.79 Å². The van der Waals surface area contributed by atoms with E-state index in [-0.39, 0.29) is 11.9 Å². The molecule has 0 N–H and O–H groups in total. The molecule has 4 rings (SSSR count). The van der Waals surface area contributed by atoms with Crippen LogP contribution in [0.1, 0.15) is 63.2 Å². The van der Waals surface area contributed by atoms with Gasteiger partial charge < -0.3 is 9.47 Å². The molecular weight excluding hydrogens is 326 g/mol. The van der Waals surface area contributed by atoms with Gasteiger partial charge in [-0.3, -0.25) is 9.48 Å². The predicted molar refractivity (Wildman–Crippen MR) is 99.7 cm³/mol. The van der Waals surface area contributed by atoms with Crippen molar-refractivity contribution in [2.45, 2.75) is 64.0 Å². The Balaban J connectivity index is 1.37. The molecule has 6 nitrogen and oxygen atoms in total. The van der Waals surface area contributed by atoms with E-state index in [1.807, 2.05) is 30.3 Å². The fraction of sp³-hybridized carbons (Fsp3) is 0.650. The largest absolute Gasteiger partial charge is 0.341 e. The van der Waals surface area contributed by atoms with Gasteiger partial charge in [-0.05, 0) is 44.1 Å². The second kappa shape index (κ2) is 7.64. The van der Waals surface area contributed by atoms with Crippen molar-refractivity contribution in [3.05, 3.63) is 36.7 Å². The highest BCUT2D eigenvalue weighted by atomic mass is 16.2. The lowest BCUT2D eigenvalue weighted by Crippen LogP contribution is -2.42. The Morgan fingerprint density at radius 2 is 2.00 bits per heavy atom. The number of piperidine rings is 1. The molecule has 3 heterocycles. The molecule has 0 bridgehead atoms. The van der Waals surface area contributed by atoms with E-state index in [0.717, 1.165) is 44.8 Å². The molecule has 2 aromatic rings. The number of rotatable bonds is 6.